The van der Waals surface area contributed by atoms with E-state index in [1.54, 1.807) is 6.07 Å². The van der Waals surface area contributed by atoms with E-state index < -0.39 is 5.82 Å². The van der Waals surface area contributed by atoms with Crippen molar-refractivity contribution in [2.45, 2.75) is 6.54 Å². The van der Waals surface area contributed by atoms with Crippen LogP contribution in [0.2, 0.25) is 0 Å². The molecule has 0 saturated carbocycles. The topological polar surface area (TPSA) is 35.9 Å². The molecule has 22 heavy (non-hydrogen) atoms. The van der Waals surface area contributed by atoms with Gasteiger partial charge >= 0.3 is 0 Å². The van der Waals surface area contributed by atoms with Gasteiger partial charge in [-0.15, -0.1) is 0 Å². The standard InChI is InChI=1S/C17H19FN2O2/c18-16-12-15(6-7-17(16)21)20(19-8-10-22-11-9-19)13-14-4-2-1-3-5-14/h1-7,12,21H,8-11,13H2. The van der Waals surface area contributed by atoms with Gasteiger partial charge in [-0.05, 0) is 17.7 Å². The molecule has 1 aliphatic rings. The van der Waals surface area contributed by atoms with Crippen LogP contribution in [0.15, 0.2) is 48.5 Å². The number of hydrogen-bond donors (Lipinski definition) is 1. The molecule has 1 N–H and O–H groups in total. The predicted octanol–water partition coefficient (Wildman–Crippen LogP) is 2.79. The summed E-state index contributed by atoms with van der Waals surface area (Å²) in [7, 11) is 0. The molecule has 0 aromatic heterocycles. The monoisotopic (exact) mass is 302 g/mol. The van der Waals surface area contributed by atoms with Crippen LogP contribution in [0.25, 0.3) is 0 Å². The molecule has 2 aromatic rings. The van der Waals surface area contributed by atoms with E-state index in [2.05, 4.69) is 5.01 Å². The number of hydrazine groups is 1. The highest BCUT2D eigenvalue weighted by atomic mass is 19.1. The Morgan fingerprint density at radius 3 is 2.50 bits per heavy atom. The first kappa shape index (κ1) is 14.8. The number of morpholine rings is 1. The van der Waals surface area contributed by atoms with Gasteiger partial charge in [-0.1, -0.05) is 30.3 Å². The van der Waals surface area contributed by atoms with Gasteiger partial charge < -0.3 is 14.9 Å². The first-order valence-corrected chi connectivity index (χ1v) is 7.36. The number of phenols is 1. The van der Waals surface area contributed by atoms with Crippen molar-refractivity contribution < 1.29 is 14.2 Å². The molecule has 0 amide bonds. The van der Waals surface area contributed by atoms with E-state index in [4.69, 9.17) is 4.74 Å². The van der Waals surface area contributed by atoms with Gasteiger partial charge in [0.2, 0.25) is 0 Å². The normalized spacial score (nSPS) is 15.7. The Morgan fingerprint density at radius 2 is 1.82 bits per heavy atom. The molecule has 116 valence electrons. The summed E-state index contributed by atoms with van der Waals surface area (Å²) in [5.41, 5.74) is 1.86. The van der Waals surface area contributed by atoms with Crippen LogP contribution in [0.4, 0.5) is 10.1 Å². The van der Waals surface area contributed by atoms with Gasteiger partial charge in [0.1, 0.15) is 0 Å². The maximum atomic E-state index is 13.7. The molecule has 0 atom stereocenters. The highest BCUT2D eigenvalue weighted by Gasteiger charge is 2.20. The van der Waals surface area contributed by atoms with E-state index in [-0.39, 0.29) is 5.75 Å². The molecule has 1 aliphatic heterocycles. The maximum Gasteiger partial charge on any atom is 0.166 e. The average molecular weight is 302 g/mol. The lowest BCUT2D eigenvalue weighted by molar-refractivity contribution is 0.0306. The van der Waals surface area contributed by atoms with Crippen LogP contribution < -0.4 is 5.01 Å². The number of phenolic OH excluding ortho intramolecular Hbond substituents is 1. The summed E-state index contributed by atoms with van der Waals surface area (Å²) in [4.78, 5) is 0. The fourth-order valence-corrected chi connectivity index (χ4v) is 2.56. The second-order valence-electron chi connectivity index (χ2n) is 5.24. The third-order valence-electron chi connectivity index (χ3n) is 3.73. The largest absolute Gasteiger partial charge is 0.505 e. The lowest BCUT2D eigenvalue weighted by atomic mass is 10.2. The minimum absolute atomic E-state index is 0.328. The number of aromatic hydroxyl groups is 1. The SMILES string of the molecule is Oc1ccc(N(Cc2ccccc2)N2CCOCC2)cc1F. The van der Waals surface area contributed by atoms with Gasteiger partial charge in [-0.3, -0.25) is 0 Å². The number of rotatable bonds is 4. The molecule has 4 nitrogen and oxygen atoms in total. The van der Waals surface area contributed by atoms with Crippen molar-refractivity contribution in [1.29, 1.82) is 0 Å². The summed E-state index contributed by atoms with van der Waals surface area (Å²) >= 11 is 0. The Morgan fingerprint density at radius 1 is 1.09 bits per heavy atom. The quantitative estimate of drug-likeness (QED) is 0.942. The van der Waals surface area contributed by atoms with E-state index in [1.165, 1.54) is 12.1 Å². The number of anilines is 1. The second-order valence-corrected chi connectivity index (χ2v) is 5.24. The molecule has 3 rings (SSSR count). The molecule has 1 heterocycles. The lowest BCUT2D eigenvalue weighted by Gasteiger charge is -2.39. The van der Waals surface area contributed by atoms with Crippen LogP contribution in [-0.4, -0.2) is 36.4 Å². The molecule has 0 aliphatic carbocycles. The first-order chi connectivity index (χ1) is 10.7. The molecule has 0 radical (unpaired) electrons. The highest BCUT2D eigenvalue weighted by molar-refractivity contribution is 5.49. The van der Waals surface area contributed by atoms with E-state index in [1.807, 2.05) is 35.3 Å². The molecule has 0 spiro atoms. The third-order valence-corrected chi connectivity index (χ3v) is 3.73. The van der Waals surface area contributed by atoms with Crippen molar-refractivity contribution in [2.75, 3.05) is 31.3 Å². The first-order valence-electron chi connectivity index (χ1n) is 7.36. The van der Waals surface area contributed by atoms with Crippen molar-refractivity contribution >= 4 is 5.69 Å². The maximum absolute atomic E-state index is 13.7. The zero-order valence-electron chi connectivity index (χ0n) is 12.3. The van der Waals surface area contributed by atoms with Crippen LogP contribution in [0.5, 0.6) is 5.75 Å². The fourth-order valence-electron chi connectivity index (χ4n) is 2.56. The van der Waals surface area contributed by atoms with Crippen LogP contribution >= 0.6 is 0 Å². The van der Waals surface area contributed by atoms with E-state index in [0.29, 0.717) is 19.8 Å². The minimum atomic E-state index is -0.608. The van der Waals surface area contributed by atoms with Gasteiger partial charge in [0.15, 0.2) is 11.6 Å². The Balaban J connectivity index is 1.89. The molecule has 2 aromatic carbocycles. The van der Waals surface area contributed by atoms with Crippen molar-refractivity contribution in [3.05, 3.63) is 59.9 Å². The Labute approximate surface area is 129 Å². The smallest absolute Gasteiger partial charge is 0.166 e. The molecule has 0 unspecified atom stereocenters. The molecule has 0 bridgehead atoms. The van der Waals surface area contributed by atoms with E-state index in [0.717, 1.165) is 24.3 Å². The number of benzene rings is 2. The van der Waals surface area contributed by atoms with Crippen molar-refractivity contribution in [2.24, 2.45) is 0 Å². The number of hydrogen-bond acceptors (Lipinski definition) is 4. The lowest BCUT2D eigenvalue weighted by Crippen LogP contribution is -2.48. The van der Waals surface area contributed by atoms with Crippen molar-refractivity contribution in [3.63, 3.8) is 0 Å². The van der Waals surface area contributed by atoms with Crippen LogP contribution in [0.3, 0.4) is 0 Å². The number of nitrogens with zero attached hydrogens (tertiary/aromatic N) is 2. The zero-order valence-corrected chi connectivity index (χ0v) is 12.3. The Hall–Kier alpha value is -2.11. The molecule has 1 fully saturated rings. The van der Waals surface area contributed by atoms with Gasteiger partial charge in [-0.25, -0.2) is 9.40 Å². The molecule has 1 saturated heterocycles. The summed E-state index contributed by atoms with van der Waals surface area (Å²) in [5.74, 6) is -0.936. The van der Waals surface area contributed by atoms with Gasteiger partial charge in [0, 0.05) is 19.2 Å². The number of ether oxygens (including phenoxy) is 1. The summed E-state index contributed by atoms with van der Waals surface area (Å²) in [6, 6.07) is 14.5. The average Bonchev–Trinajstić information content (AvgIpc) is 2.57. The summed E-state index contributed by atoms with van der Waals surface area (Å²) in [6.45, 7) is 3.48. The van der Waals surface area contributed by atoms with Gasteiger partial charge in [0.25, 0.3) is 0 Å². The Kier molecular flexibility index (Phi) is 4.56. The molecular weight excluding hydrogens is 283 g/mol. The zero-order chi connectivity index (χ0) is 15.4. The summed E-state index contributed by atoms with van der Waals surface area (Å²) in [6.07, 6.45) is 0. The summed E-state index contributed by atoms with van der Waals surface area (Å²) < 4.78 is 19.1. The Bertz CT molecular complexity index is 615. The van der Waals surface area contributed by atoms with Crippen molar-refractivity contribution in [3.8, 4) is 5.75 Å². The van der Waals surface area contributed by atoms with Gasteiger partial charge in [0.05, 0.1) is 25.4 Å². The van der Waals surface area contributed by atoms with E-state index in [9.17, 15) is 9.50 Å². The van der Waals surface area contributed by atoms with Crippen LogP contribution in [0, 0.1) is 5.82 Å². The summed E-state index contributed by atoms with van der Waals surface area (Å²) in [5, 5.41) is 13.6. The van der Waals surface area contributed by atoms with Crippen LogP contribution in [0.1, 0.15) is 5.56 Å². The predicted molar refractivity (Wildman–Crippen MR) is 83.1 cm³/mol. The highest BCUT2D eigenvalue weighted by Crippen LogP contribution is 2.25. The molecular formula is C17H19FN2O2. The number of halogens is 1. The van der Waals surface area contributed by atoms with Crippen molar-refractivity contribution in [1.82, 2.24) is 5.01 Å². The second kappa shape index (κ2) is 6.77. The third kappa shape index (κ3) is 3.37. The fraction of sp³-hybridized carbons (Fsp3) is 0.294. The van der Waals surface area contributed by atoms with Gasteiger partial charge in [-0.2, -0.15) is 0 Å². The minimum Gasteiger partial charge on any atom is -0.505 e. The van der Waals surface area contributed by atoms with Crippen LogP contribution in [-0.2, 0) is 11.3 Å². The molecule has 5 heteroatoms. The van der Waals surface area contributed by atoms with E-state index >= 15 is 0 Å².